The van der Waals surface area contributed by atoms with Crippen LogP contribution in [-0.4, -0.2) is 36.2 Å². The van der Waals surface area contributed by atoms with Gasteiger partial charge in [-0.05, 0) is 60.5 Å². The zero-order chi connectivity index (χ0) is 22.9. The fourth-order valence-corrected chi connectivity index (χ4v) is 5.06. The average molecular weight is 510 g/mol. The van der Waals surface area contributed by atoms with Gasteiger partial charge < -0.3 is 10.0 Å². The first-order valence-electron chi connectivity index (χ1n) is 10.4. The Hall–Kier alpha value is -1.46. The predicted octanol–water partition coefficient (Wildman–Crippen LogP) is 7.07. The quantitative estimate of drug-likeness (QED) is 0.398. The molecule has 2 atom stereocenters. The van der Waals surface area contributed by atoms with Gasteiger partial charge >= 0.3 is 0 Å². The smallest absolute Gasteiger partial charge is 0.0994 e. The van der Waals surface area contributed by atoms with Crippen LogP contribution in [0.1, 0.15) is 24.1 Å². The lowest BCUT2D eigenvalue weighted by molar-refractivity contribution is 0.0103. The molecule has 0 amide bonds. The summed E-state index contributed by atoms with van der Waals surface area (Å²) >= 11 is 24.9. The second-order valence-corrected chi connectivity index (χ2v) is 10.1. The summed E-state index contributed by atoms with van der Waals surface area (Å²) in [4.78, 5) is 4.59. The molecule has 1 unspecified atom stereocenters. The molecule has 0 bridgehead atoms. The van der Waals surface area contributed by atoms with Crippen molar-refractivity contribution in [3.8, 4) is 0 Å². The number of anilines is 1. The van der Waals surface area contributed by atoms with Crippen LogP contribution in [0.25, 0.3) is 0 Å². The number of hydrogen-bond donors (Lipinski definition) is 1. The van der Waals surface area contributed by atoms with Gasteiger partial charge in [-0.25, -0.2) is 0 Å². The SMILES string of the molecule is CC(O)(CN1CCN(c2ccc(Cl)cc2Cl)[C@H](c2ccc(Cl)cc2)C1)c1ccc(Cl)cc1. The molecule has 3 aromatic rings. The van der Waals surface area contributed by atoms with Gasteiger partial charge in [0.25, 0.3) is 0 Å². The van der Waals surface area contributed by atoms with Crippen LogP contribution >= 0.6 is 46.4 Å². The molecule has 7 heteroatoms. The molecular weight excluding hydrogens is 486 g/mol. The summed E-state index contributed by atoms with van der Waals surface area (Å²) in [7, 11) is 0. The third kappa shape index (κ3) is 5.36. The summed E-state index contributed by atoms with van der Waals surface area (Å²) in [5.74, 6) is 0. The number of piperazine rings is 1. The fraction of sp³-hybridized carbons (Fsp3) is 0.280. The number of hydrogen-bond acceptors (Lipinski definition) is 3. The molecule has 0 aliphatic carbocycles. The number of nitrogens with zero attached hydrogens (tertiary/aromatic N) is 2. The van der Waals surface area contributed by atoms with Gasteiger partial charge in [0.2, 0.25) is 0 Å². The summed E-state index contributed by atoms with van der Waals surface area (Å²) in [5.41, 5.74) is 1.92. The Kier molecular flexibility index (Phi) is 7.26. The largest absolute Gasteiger partial charge is 0.384 e. The first-order chi connectivity index (χ1) is 15.2. The summed E-state index contributed by atoms with van der Waals surface area (Å²) in [6, 6.07) is 20.9. The van der Waals surface area contributed by atoms with E-state index in [2.05, 4.69) is 9.80 Å². The van der Waals surface area contributed by atoms with Crippen molar-refractivity contribution in [2.24, 2.45) is 0 Å². The van der Waals surface area contributed by atoms with Crippen LogP contribution in [-0.2, 0) is 5.60 Å². The first-order valence-corrected chi connectivity index (χ1v) is 11.9. The van der Waals surface area contributed by atoms with Crippen molar-refractivity contribution >= 4 is 52.1 Å². The predicted molar refractivity (Wildman–Crippen MR) is 135 cm³/mol. The molecule has 1 heterocycles. The Bertz CT molecular complexity index is 1070. The van der Waals surface area contributed by atoms with Crippen molar-refractivity contribution in [2.75, 3.05) is 31.1 Å². The van der Waals surface area contributed by atoms with E-state index in [0.29, 0.717) is 26.6 Å². The van der Waals surface area contributed by atoms with Crippen molar-refractivity contribution in [1.82, 2.24) is 4.90 Å². The van der Waals surface area contributed by atoms with Gasteiger partial charge in [-0.2, -0.15) is 0 Å². The molecule has 1 aliphatic heterocycles. The van der Waals surface area contributed by atoms with E-state index in [1.807, 2.05) is 67.6 Å². The van der Waals surface area contributed by atoms with E-state index in [4.69, 9.17) is 46.4 Å². The number of β-amino-alcohol motifs (C(OH)–C–C–N with tert-alkyl or cyclic N) is 1. The molecule has 0 spiro atoms. The highest BCUT2D eigenvalue weighted by atomic mass is 35.5. The van der Waals surface area contributed by atoms with Gasteiger partial charge in [-0.15, -0.1) is 0 Å². The molecule has 0 saturated carbocycles. The van der Waals surface area contributed by atoms with Crippen LogP contribution in [0.5, 0.6) is 0 Å². The highest BCUT2D eigenvalue weighted by Gasteiger charge is 2.34. The highest BCUT2D eigenvalue weighted by Crippen LogP contribution is 2.37. The summed E-state index contributed by atoms with van der Waals surface area (Å²) in [5, 5.41) is 13.8. The Morgan fingerprint density at radius 1 is 0.844 bits per heavy atom. The van der Waals surface area contributed by atoms with E-state index in [9.17, 15) is 5.11 Å². The normalized spacial score (nSPS) is 19.1. The third-order valence-electron chi connectivity index (χ3n) is 5.94. The number of halogens is 4. The van der Waals surface area contributed by atoms with Crippen molar-refractivity contribution < 1.29 is 5.11 Å². The van der Waals surface area contributed by atoms with E-state index < -0.39 is 5.60 Å². The van der Waals surface area contributed by atoms with E-state index in [1.165, 1.54) is 0 Å². The molecule has 3 nitrogen and oxygen atoms in total. The Balaban J connectivity index is 1.61. The lowest BCUT2D eigenvalue weighted by atomic mass is 9.94. The number of rotatable bonds is 5. The van der Waals surface area contributed by atoms with Crippen LogP contribution in [0.4, 0.5) is 5.69 Å². The summed E-state index contributed by atoms with van der Waals surface area (Å²) in [6.45, 7) is 4.61. The van der Waals surface area contributed by atoms with E-state index in [0.717, 1.165) is 36.4 Å². The van der Waals surface area contributed by atoms with E-state index in [1.54, 1.807) is 6.07 Å². The van der Waals surface area contributed by atoms with Crippen LogP contribution in [0.15, 0.2) is 66.7 Å². The first kappa shape index (κ1) is 23.7. The number of benzene rings is 3. The van der Waals surface area contributed by atoms with Crippen molar-refractivity contribution in [2.45, 2.75) is 18.6 Å². The molecule has 1 saturated heterocycles. The fourth-order valence-electron chi connectivity index (χ4n) is 4.29. The van der Waals surface area contributed by atoms with E-state index >= 15 is 0 Å². The van der Waals surface area contributed by atoms with Crippen molar-refractivity contribution in [1.29, 1.82) is 0 Å². The van der Waals surface area contributed by atoms with Gasteiger partial charge in [0, 0.05) is 41.2 Å². The minimum Gasteiger partial charge on any atom is -0.384 e. The molecule has 168 valence electrons. The maximum atomic E-state index is 11.2. The molecule has 4 rings (SSSR count). The van der Waals surface area contributed by atoms with Gasteiger partial charge in [0.05, 0.1) is 22.4 Å². The second-order valence-electron chi connectivity index (χ2n) is 8.37. The maximum Gasteiger partial charge on any atom is 0.0994 e. The van der Waals surface area contributed by atoms with Gasteiger partial charge in [0.1, 0.15) is 0 Å². The van der Waals surface area contributed by atoms with Crippen LogP contribution in [0.2, 0.25) is 20.1 Å². The molecule has 1 fully saturated rings. The minimum absolute atomic E-state index is 0.0423. The Morgan fingerprint density at radius 2 is 1.44 bits per heavy atom. The Labute approximate surface area is 209 Å². The molecule has 0 radical (unpaired) electrons. The second kappa shape index (κ2) is 9.80. The lowest BCUT2D eigenvalue weighted by Crippen LogP contribution is -2.52. The molecular formula is C25H24Cl4N2O. The van der Waals surface area contributed by atoms with Gasteiger partial charge in [-0.3, -0.25) is 4.90 Å². The minimum atomic E-state index is -1.00. The van der Waals surface area contributed by atoms with E-state index in [-0.39, 0.29) is 6.04 Å². The molecule has 1 N–H and O–H groups in total. The zero-order valence-corrected chi connectivity index (χ0v) is 20.6. The Morgan fingerprint density at radius 3 is 2.06 bits per heavy atom. The van der Waals surface area contributed by atoms with Crippen molar-refractivity contribution in [3.63, 3.8) is 0 Å². The summed E-state index contributed by atoms with van der Waals surface area (Å²) in [6.07, 6.45) is 0. The van der Waals surface area contributed by atoms with Gasteiger partial charge in [0.15, 0.2) is 0 Å². The zero-order valence-electron chi connectivity index (χ0n) is 17.6. The van der Waals surface area contributed by atoms with Crippen molar-refractivity contribution in [3.05, 3.63) is 97.9 Å². The molecule has 32 heavy (non-hydrogen) atoms. The summed E-state index contributed by atoms with van der Waals surface area (Å²) < 4.78 is 0. The molecule has 1 aliphatic rings. The van der Waals surface area contributed by atoms with Crippen LogP contribution in [0.3, 0.4) is 0 Å². The molecule has 0 aromatic heterocycles. The van der Waals surface area contributed by atoms with Crippen LogP contribution in [0, 0.1) is 0 Å². The maximum absolute atomic E-state index is 11.2. The molecule has 3 aromatic carbocycles. The highest BCUT2D eigenvalue weighted by molar-refractivity contribution is 6.36. The average Bonchev–Trinajstić information content (AvgIpc) is 2.75. The number of aliphatic hydroxyl groups is 1. The van der Waals surface area contributed by atoms with Crippen LogP contribution < -0.4 is 4.90 Å². The lowest BCUT2D eigenvalue weighted by Gasteiger charge is -2.45. The third-order valence-corrected chi connectivity index (χ3v) is 6.98. The van der Waals surface area contributed by atoms with Gasteiger partial charge in [-0.1, -0.05) is 70.7 Å². The topological polar surface area (TPSA) is 26.7 Å². The monoisotopic (exact) mass is 508 g/mol. The standard InChI is InChI=1S/C25H24Cl4N2O/c1-25(32,18-4-8-20(27)9-5-18)16-30-12-13-31(23-11-10-21(28)14-22(23)29)24(15-30)17-2-6-19(26)7-3-17/h2-11,14,24,32H,12-13,15-16H2,1H3/t24-,25?/m0/s1.